The summed E-state index contributed by atoms with van der Waals surface area (Å²) in [5, 5.41) is 5.61. The first-order valence-electron chi connectivity index (χ1n) is 13.3. The van der Waals surface area contributed by atoms with E-state index in [1.807, 2.05) is 13.8 Å². The zero-order chi connectivity index (χ0) is 28.8. The van der Waals surface area contributed by atoms with E-state index in [1.165, 1.54) is 24.5 Å². The predicted molar refractivity (Wildman–Crippen MR) is 154 cm³/mol. The van der Waals surface area contributed by atoms with E-state index in [0.717, 1.165) is 0 Å². The molecule has 0 aliphatic heterocycles. The van der Waals surface area contributed by atoms with Crippen LogP contribution in [0, 0.1) is 5.82 Å². The highest BCUT2D eigenvalue weighted by molar-refractivity contribution is 5.98. The summed E-state index contributed by atoms with van der Waals surface area (Å²) in [5.74, 6) is 0.0197. The zero-order valence-corrected chi connectivity index (χ0v) is 22.6. The molecule has 10 heteroatoms. The second-order valence-corrected chi connectivity index (χ2v) is 10.2. The van der Waals surface area contributed by atoms with E-state index in [2.05, 4.69) is 9.97 Å². The fourth-order valence-corrected chi connectivity index (χ4v) is 5.16. The van der Waals surface area contributed by atoms with Crippen molar-refractivity contribution in [3.63, 3.8) is 0 Å². The molecule has 3 heterocycles. The van der Waals surface area contributed by atoms with E-state index >= 15 is 0 Å². The third-order valence-electron chi connectivity index (χ3n) is 7.01. The van der Waals surface area contributed by atoms with Gasteiger partial charge in [0.15, 0.2) is 17.2 Å². The van der Waals surface area contributed by atoms with Gasteiger partial charge in [-0.05, 0) is 56.7 Å². The average Bonchev–Trinajstić information content (AvgIpc) is 3.34. The number of nitrogen functional groups attached to an aromatic ring is 1. The number of anilines is 1. The quantitative estimate of drug-likeness (QED) is 0.258. The Morgan fingerprint density at radius 2 is 1.95 bits per heavy atom. The lowest BCUT2D eigenvalue weighted by atomic mass is 9.92. The Labute approximate surface area is 233 Å². The molecule has 0 saturated carbocycles. The lowest BCUT2D eigenvalue weighted by Crippen LogP contribution is -2.19. The molecule has 1 aliphatic rings. The minimum Gasteiger partial charge on any atom is -0.488 e. The molecule has 0 spiro atoms. The summed E-state index contributed by atoms with van der Waals surface area (Å²) in [6.45, 7) is 5.43. The molecule has 0 saturated heterocycles. The number of ether oxygens (including phenoxy) is 1. The smallest absolute Gasteiger partial charge is 0.200 e. The molecule has 0 fully saturated rings. The number of fused-ring (bicyclic) bond motifs is 2. The Morgan fingerprint density at radius 3 is 2.71 bits per heavy atom. The number of benzene rings is 2. The summed E-state index contributed by atoms with van der Waals surface area (Å²) in [4.78, 5) is 22.4. The van der Waals surface area contributed by atoms with E-state index in [1.54, 1.807) is 54.1 Å². The number of para-hydroxylation sites is 1. The van der Waals surface area contributed by atoms with Crippen LogP contribution in [0.15, 0.2) is 76.2 Å². The van der Waals surface area contributed by atoms with Gasteiger partial charge in [-0.25, -0.2) is 23.4 Å². The molecule has 1 aliphatic carbocycles. The summed E-state index contributed by atoms with van der Waals surface area (Å²) in [6.07, 6.45) is 4.68. The maximum absolute atomic E-state index is 15.0. The minimum atomic E-state index is -1.23. The molecule has 5 aromatic rings. The fourth-order valence-electron chi connectivity index (χ4n) is 5.16. The number of nitrogens with two attached hydrogens (primary N) is 1. The van der Waals surface area contributed by atoms with Crippen LogP contribution in [0.4, 0.5) is 14.6 Å². The largest absolute Gasteiger partial charge is 0.488 e. The SMILES string of the molecule is CC(C)Oc1ccc(-c2nn(C(C)c3oc4ccccc4c(=O)c3C3=CC=C[C@H](F)C3)c3ncnc(N)c23)cc1F. The van der Waals surface area contributed by atoms with Crippen molar-refractivity contribution in [3.05, 3.63) is 94.4 Å². The normalized spacial score (nSPS) is 16.0. The highest BCUT2D eigenvalue weighted by atomic mass is 19.1. The van der Waals surface area contributed by atoms with Crippen LogP contribution in [-0.4, -0.2) is 32.0 Å². The Bertz CT molecular complexity index is 1930. The van der Waals surface area contributed by atoms with Gasteiger partial charge in [0.2, 0.25) is 5.43 Å². The lowest BCUT2D eigenvalue weighted by molar-refractivity contribution is 0.231. The summed E-state index contributed by atoms with van der Waals surface area (Å²) >= 11 is 0. The second kappa shape index (κ2) is 10.3. The first-order valence-corrected chi connectivity index (χ1v) is 13.3. The first kappa shape index (κ1) is 26.4. The number of aromatic nitrogens is 4. The fraction of sp³-hybridized carbons (Fsp3) is 0.226. The van der Waals surface area contributed by atoms with Crippen molar-refractivity contribution in [2.75, 3.05) is 5.73 Å². The number of hydrogen-bond acceptors (Lipinski definition) is 7. The number of nitrogens with zero attached hydrogens (tertiary/aromatic N) is 4. The zero-order valence-electron chi connectivity index (χ0n) is 22.6. The predicted octanol–water partition coefficient (Wildman–Crippen LogP) is 6.40. The molecular weight excluding hydrogens is 528 g/mol. The Morgan fingerprint density at radius 1 is 1.15 bits per heavy atom. The van der Waals surface area contributed by atoms with Crippen LogP contribution in [-0.2, 0) is 0 Å². The Kier molecular flexibility index (Phi) is 6.61. The summed E-state index contributed by atoms with van der Waals surface area (Å²) in [7, 11) is 0. The maximum Gasteiger partial charge on any atom is 0.200 e. The van der Waals surface area contributed by atoms with Crippen LogP contribution < -0.4 is 15.9 Å². The molecular formula is C31H27F2N5O3. The molecule has 0 radical (unpaired) electrons. The molecule has 0 amide bonds. The standard InChI is InChI=1S/C31H27F2N5O3/c1-16(2)40-24-12-11-19(14-22(24)33)27-26-30(34)35-15-36-31(26)38(37-27)17(3)29-25(18-7-6-8-20(32)13-18)28(39)21-9-4-5-10-23(21)41-29/h4-12,14-17,20H,13H2,1-3H3,(H2,34,35,36)/t17?,20-/m0/s1. The van der Waals surface area contributed by atoms with Crippen molar-refractivity contribution in [2.45, 2.75) is 45.5 Å². The Balaban J connectivity index is 1.56. The molecule has 208 valence electrons. The summed E-state index contributed by atoms with van der Waals surface area (Å²) in [5.41, 5.74) is 8.37. The summed E-state index contributed by atoms with van der Waals surface area (Å²) < 4.78 is 42.9. The molecule has 41 heavy (non-hydrogen) atoms. The van der Waals surface area contributed by atoms with Crippen LogP contribution in [0.1, 0.15) is 44.6 Å². The van der Waals surface area contributed by atoms with Gasteiger partial charge in [0.25, 0.3) is 0 Å². The van der Waals surface area contributed by atoms with Gasteiger partial charge in [-0.15, -0.1) is 0 Å². The van der Waals surface area contributed by atoms with Crippen LogP contribution in [0.2, 0.25) is 0 Å². The van der Waals surface area contributed by atoms with Crippen molar-refractivity contribution < 1.29 is 17.9 Å². The molecule has 2 atom stereocenters. The first-order chi connectivity index (χ1) is 19.7. The van der Waals surface area contributed by atoms with E-state index in [4.69, 9.17) is 20.0 Å². The monoisotopic (exact) mass is 555 g/mol. The van der Waals surface area contributed by atoms with Gasteiger partial charge in [0.1, 0.15) is 41.4 Å². The second-order valence-electron chi connectivity index (χ2n) is 10.2. The van der Waals surface area contributed by atoms with Gasteiger partial charge in [-0.1, -0.05) is 30.4 Å². The van der Waals surface area contributed by atoms with Gasteiger partial charge < -0.3 is 14.9 Å². The van der Waals surface area contributed by atoms with Crippen molar-refractivity contribution in [2.24, 2.45) is 0 Å². The number of hydrogen-bond donors (Lipinski definition) is 1. The molecule has 3 aromatic heterocycles. The molecule has 2 aromatic carbocycles. The third-order valence-corrected chi connectivity index (χ3v) is 7.01. The molecule has 0 bridgehead atoms. The third kappa shape index (κ3) is 4.65. The van der Waals surface area contributed by atoms with Crippen molar-refractivity contribution in [3.8, 4) is 17.0 Å². The van der Waals surface area contributed by atoms with Crippen molar-refractivity contribution in [1.29, 1.82) is 0 Å². The number of allylic oxidation sites excluding steroid dienone is 4. The van der Waals surface area contributed by atoms with E-state index in [9.17, 15) is 13.6 Å². The van der Waals surface area contributed by atoms with Crippen LogP contribution in [0.3, 0.4) is 0 Å². The minimum absolute atomic E-state index is 0.0314. The van der Waals surface area contributed by atoms with Crippen LogP contribution >= 0.6 is 0 Å². The average molecular weight is 556 g/mol. The number of rotatable bonds is 6. The van der Waals surface area contributed by atoms with Gasteiger partial charge in [0.05, 0.1) is 22.4 Å². The number of halogens is 2. The van der Waals surface area contributed by atoms with Crippen molar-refractivity contribution in [1.82, 2.24) is 19.7 Å². The van der Waals surface area contributed by atoms with Gasteiger partial charge in [-0.2, -0.15) is 5.10 Å². The molecule has 1 unspecified atom stereocenters. The number of alkyl halides is 1. The van der Waals surface area contributed by atoms with Crippen molar-refractivity contribution >= 4 is 33.4 Å². The van der Waals surface area contributed by atoms with Gasteiger partial charge in [0, 0.05) is 12.0 Å². The molecule has 8 nitrogen and oxygen atoms in total. The van der Waals surface area contributed by atoms with E-state index in [-0.39, 0.29) is 35.1 Å². The summed E-state index contributed by atoms with van der Waals surface area (Å²) in [6, 6.07) is 10.8. The highest BCUT2D eigenvalue weighted by Gasteiger charge is 2.29. The topological polar surface area (TPSA) is 109 Å². The highest BCUT2D eigenvalue weighted by Crippen LogP contribution is 2.37. The van der Waals surface area contributed by atoms with E-state index < -0.39 is 18.0 Å². The Hall–Kier alpha value is -4.86. The maximum atomic E-state index is 15.0. The van der Waals surface area contributed by atoms with Gasteiger partial charge in [-0.3, -0.25) is 4.79 Å². The molecule has 2 N–H and O–H groups in total. The lowest BCUT2D eigenvalue weighted by Gasteiger charge is -2.20. The van der Waals surface area contributed by atoms with Crippen LogP contribution in [0.5, 0.6) is 5.75 Å². The van der Waals surface area contributed by atoms with Crippen LogP contribution in [0.25, 0.3) is 38.8 Å². The van der Waals surface area contributed by atoms with E-state index in [0.29, 0.717) is 44.6 Å². The van der Waals surface area contributed by atoms with Gasteiger partial charge >= 0.3 is 0 Å². The molecule has 6 rings (SSSR count).